The topological polar surface area (TPSA) is 0 Å². The Balaban J connectivity index is -0.0000001000. The van der Waals surface area contributed by atoms with Crippen LogP contribution in [0.2, 0.25) is 0 Å². The number of hydrogen-bond acceptors (Lipinski definition) is 0. The molecule has 0 aliphatic carbocycles. The van der Waals surface area contributed by atoms with E-state index in [-0.39, 0.29) is 105 Å². The van der Waals surface area contributed by atoms with Gasteiger partial charge in [-0.15, -0.1) is 102 Å². The van der Waals surface area contributed by atoms with E-state index >= 15 is 0 Å². The zero-order valence-electron chi connectivity index (χ0n) is 7.77. The largest absolute Gasteiger partial charge is 0.358 e. The minimum atomic E-state index is 0. The van der Waals surface area contributed by atoms with Crippen molar-refractivity contribution in [3.63, 3.8) is 0 Å². The number of halogens is 3. The third kappa shape index (κ3) is 6.47. The molecule has 0 unspecified atom stereocenters. The van der Waals surface area contributed by atoms with E-state index in [0.717, 1.165) is 0 Å². The van der Waals surface area contributed by atoms with Crippen molar-refractivity contribution in [1.82, 2.24) is 0 Å². The first kappa shape index (κ1) is 24.9. The molecule has 0 saturated carbocycles. The van der Waals surface area contributed by atoms with Crippen LogP contribution in [0, 0.1) is 7.43 Å². The van der Waals surface area contributed by atoms with Gasteiger partial charge in [-0.2, -0.15) is 17.5 Å². The standard InChI is InChI=1S/C9H7.CH3.Hf.3HI/c1-2-5-9-7-3-6-8(9)4-1;;;;;/h1-7H;1H3;;3*1H/q2*-1;;;;. The molecule has 2 rings (SSSR count). The van der Waals surface area contributed by atoms with Crippen LogP contribution in [0.4, 0.5) is 0 Å². The molecular weight excluding hydrogens is 679 g/mol. The molecule has 0 amide bonds. The predicted octanol–water partition coefficient (Wildman–Crippen LogP) is 4.86. The summed E-state index contributed by atoms with van der Waals surface area (Å²) in [5.41, 5.74) is 0. The summed E-state index contributed by atoms with van der Waals surface area (Å²) in [4.78, 5) is 0. The Morgan fingerprint density at radius 2 is 1.43 bits per heavy atom. The first-order valence-corrected chi connectivity index (χ1v) is 3.07. The van der Waals surface area contributed by atoms with Gasteiger partial charge in [-0.25, -0.2) is 0 Å². The molecule has 2 aromatic carbocycles. The molecule has 2 aromatic rings. The van der Waals surface area contributed by atoms with E-state index in [1.54, 1.807) is 0 Å². The van der Waals surface area contributed by atoms with E-state index < -0.39 is 0 Å². The normalized spacial score (nSPS) is 6.57. The summed E-state index contributed by atoms with van der Waals surface area (Å²) in [5, 5.41) is 2.66. The fourth-order valence-electron chi connectivity index (χ4n) is 1.07. The second-order valence-corrected chi connectivity index (χ2v) is 2.15. The molecular formula is C10H13HfI3-2. The predicted molar refractivity (Wildman–Crippen MR) is 92.2 cm³/mol. The quantitative estimate of drug-likeness (QED) is 0.211. The molecule has 0 aliphatic heterocycles. The maximum atomic E-state index is 2.12. The smallest absolute Gasteiger partial charge is 0 e. The molecule has 0 radical (unpaired) electrons. The van der Waals surface area contributed by atoms with Crippen LogP contribution in [0.15, 0.2) is 42.5 Å². The Bertz CT molecular complexity index is 289. The first-order chi connectivity index (χ1) is 4.47. The Morgan fingerprint density at radius 3 is 2.00 bits per heavy atom. The summed E-state index contributed by atoms with van der Waals surface area (Å²) in [5.74, 6) is 0. The van der Waals surface area contributed by atoms with Gasteiger partial charge >= 0.3 is 0 Å². The van der Waals surface area contributed by atoms with Crippen LogP contribution in [0.25, 0.3) is 10.8 Å². The third-order valence-electron chi connectivity index (χ3n) is 1.55. The van der Waals surface area contributed by atoms with Crippen LogP contribution in [0.1, 0.15) is 0 Å². The minimum Gasteiger partial charge on any atom is -0.358 e. The molecule has 14 heavy (non-hydrogen) atoms. The van der Waals surface area contributed by atoms with Gasteiger partial charge in [0.15, 0.2) is 0 Å². The Hall–Kier alpha value is 1.89. The molecule has 0 N–H and O–H groups in total. The molecule has 80 valence electrons. The Kier molecular flexibility index (Phi) is 23.1. The average Bonchev–Trinajstić information content (AvgIpc) is 2.33. The zero-order chi connectivity index (χ0) is 6.10. The van der Waals surface area contributed by atoms with Gasteiger partial charge in [0.2, 0.25) is 0 Å². The second kappa shape index (κ2) is 13.0. The molecule has 0 heterocycles. The fourth-order valence-corrected chi connectivity index (χ4v) is 1.07. The maximum Gasteiger partial charge on any atom is 0 e. The summed E-state index contributed by atoms with van der Waals surface area (Å²) in [7, 11) is 0. The van der Waals surface area contributed by atoms with E-state index in [4.69, 9.17) is 0 Å². The summed E-state index contributed by atoms with van der Waals surface area (Å²) in [6.45, 7) is 0. The Morgan fingerprint density at radius 1 is 0.857 bits per heavy atom. The summed E-state index contributed by atoms with van der Waals surface area (Å²) < 4.78 is 0. The number of benzene rings is 1. The zero-order valence-corrected chi connectivity index (χ0v) is 18.3. The van der Waals surface area contributed by atoms with E-state index in [2.05, 4.69) is 42.5 Å². The third-order valence-corrected chi connectivity index (χ3v) is 1.55. The molecule has 0 nitrogen and oxygen atoms in total. The van der Waals surface area contributed by atoms with Crippen molar-refractivity contribution in [3.8, 4) is 0 Å². The van der Waals surface area contributed by atoms with Crippen molar-refractivity contribution in [1.29, 1.82) is 0 Å². The average molecular weight is 692 g/mol. The number of rotatable bonds is 0. The molecule has 4 heteroatoms. The van der Waals surface area contributed by atoms with Crippen molar-refractivity contribution >= 4 is 82.7 Å². The van der Waals surface area contributed by atoms with Gasteiger partial charge in [-0.3, -0.25) is 0 Å². The van der Waals surface area contributed by atoms with Crippen LogP contribution in [-0.2, 0) is 25.8 Å². The summed E-state index contributed by atoms with van der Waals surface area (Å²) in [6.07, 6.45) is 0. The number of hydrogen-bond donors (Lipinski definition) is 0. The molecule has 0 aromatic heterocycles. The van der Waals surface area contributed by atoms with Gasteiger partial charge in [-0.1, -0.05) is 6.07 Å². The van der Waals surface area contributed by atoms with Crippen LogP contribution < -0.4 is 0 Å². The van der Waals surface area contributed by atoms with Gasteiger partial charge in [0, 0.05) is 25.8 Å². The molecule has 0 aliphatic rings. The van der Waals surface area contributed by atoms with Crippen molar-refractivity contribution in [2.45, 2.75) is 0 Å². The maximum absolute atomic E-state index is 2.12. The van der Waals surface area contributed by atoms with E-state index in [9.17, 15) is 0 Å². The molecule has 0 bridgehead atoms. The van der Waals surface area contributed by atoms with Crippen LogP contribution >= 0.6 is 71.9 Å². The van der Waals surface area contributed by atoms with E-state index in [0.29, 0.717) is 0 Å². The monoisotopic (exact) mass is 694 g/mol. The molecule has 0 atom stereocenters. The second-order valence-electron chi connectivity index (χ2n) is 2.15. The SMILES string of the molecule is I.I.I.[CH3-].[Hf].c1ccc2[cH-]ccc2c1. The summed E-state index contributed by atoms with van der Waals surface area (Å²) >= 11 is 0. The Labute approximate surface area is 156 Å². The van der Waals surface area contributed by atoms with Crippen molar-refractivity contribution in [3.05, 3.63) is 49.9 Å². The number of fused-ring (bicyclic) bond motifs is 1. The van der Waals surface area contributed by atoms with Gasteiger partial charge in [0.05, 0.1) is 0 Å². The minimum absolute atomic E-state index is 0. The van der Waals surface area contributed by atoms with E-state index in [1.807, 2.05) is 0 Å². The molecule has 0 saturated heterocycles. The first-order valence-electron chi connectivity index (χ1n) is 3.07. The summed E-state index contributed by atoms with van der Waals surface area (Å²) in [6, 6.07) is 14.7. The van der Waals surface area contributed by atoms with Gasteiger partial charge in [0.1, 0.15) is 0 Å². The van der Waals surface area contributed by atoms with Crippen molar-refractivity contribution in [2.75, 3.05) is 0 Å². The van der Waals surface area contributed by atoms with Crippen molar-refractivity contribution in [2.24, 2.45) is 0 Å². The van der Waals surface area contributed by atoms with Crippen molar-refractivity contribution < 1.29 is 25.8 Å². The fraction of sp³-hybridized carbons (Fsp3) is 0. The van der Waals surface area contributed by atoms with Crippen LogP contribution in [-0.4, -0.2) is 0 Å². The molecule has 0 spiro atoms. The van der Waals surface area contributed by atoms with Gasteiger partial charge in [-0.05, 0) is 0 Å². The van der Waals surface area contributed by atoms with E-state index in [1.165, 1.54) is 10.8 Å². The van der Waals surface area contributed by atoms with Crippen LogP contribution in [0.3, 0.4) is 0 Å². The van der Waals surface area contributed by atoms with Crippen LogP contribution in [0.5, 0.6) is 0 Å². The van der Waals surface area contributed by atoms with Gasteiger partial charge in [0.25, 0.3) is 0 Å². The molecule has 0 fully saturated rings. The van der Waals surface area contributed by atoms with Gasteiger partial charge < -0.3 is 7.43 Å².